The standard InChI is InChI=1S/C16H23NO3/c1-9-4-3-7-17(10(9)2)15(18)13-11-5-6-12(8-11)14(13)16(19)20/h5-6,9-14H,3-4,7-8H2,1-2H3,(H,19,20). The second-order valence-electron chi connectivity index (χ2n) is 6.73. The lowest BCUT2D eigenvalue weighted by Crippen LogP contribution is -2.51. The topological polar surface area (TPSA) is 57.6 Å². The van der Waals surface area contributed by atoms with Crippen LogP contribution in [0.4, 0.5) is 0 Å². The Labute approximate surface area is 119 Å². The number of aliphatic carboxylic acids is 1. The van der Waals surface area contributed by atoms with Crippen molar-refractivity contribution in [1.82, 2.24) is 4.90 Å². The number of likely N-dealkylation sites (tertiary alicyclic amines) is 1. The molecule has 0 aromatic heterocycles. The van der Waals surface area contributed by atoms with Gasteiger partial charge in [-0.25, -0.2) is 0 Å². The van der Waals surface area contributed by atoms with Gasteiger partial charge in [-0.1, -0.05) is 19.1 Å². The number of rotatable bonds is 2. The highest BCUT2D eigenvalue weighted by atomic mass is 16.4. The minimum Gasteiger partial charge on any atom is -0.481 e. The molecule has 1 saturated carbocycles. The molecule has 4 nitrogen and oxygen atoms in total. The van der Waals surface area contributed by atoms with Crippen LogP contribution >= 0.6 is 0 Å². The number of hydrogen-bond donors (Lipinski definition) is 1. The second kappa shape index (κ2) is 4.90. The molecule has 1 heterocycles. The number of amides is 1. The maximum absolute atomic E-state index is 12.9. The number of nitrogens with zero attached hydrogens (tertiary/aromatic N) is 1. The second-order valence-corrected chi connectivity index (χ2v) is 6.73. The molecule has 4 heteroatoms. The Hall–Kier alpha value is -1.32. The number of carboxylic acids is 1. The van der Waals surface area contributed by atoms with E-state index in [-0.39, 0.29) is 29.7 Å². The van der Waals surface area contributed by atoms with Gasteiger partial charge in [-0.05, 0) is 43.9 Å². The van der Waals surface area contributed by atoms with Gasteiger partial charge in [0.05, 0.1) is 11.8 Å². The van der Waals surface area contributed by atoms with Crippen LogP contribution in [0.25, 0.3) is 0 Å². The monoisotopic (exact) mass is 277 g/mol. The van der Waals surface area contributed by atoms with E-state index in [1.165, 1.54) is 0 Å². The molecular weight excluding hydrogens is 254 g/mol. The SMILES string of the molecule is CC1CCCN(C(=O)C2C3C=CC(C3)C2C(=O)O)C1C. The molecule has 3 rings (SSSR count). The zero-order chi connectivity index (χ0) is 14.4. The van der Waals surface area contributed by atoms with Gasteiger partial charge in [-0.15, -0.1) is 0 Å². The third-order valence-electron chi connectivity index (χ3n) is 5.69. The molecule has 20 heavy (non-hydrogen) atoms. The summed E-state index contributed by atoms with van der Waals surface area (Å²) in [4.78, 5) is 26.4. The summed E-state index contributed by atoms with van der Waals surface area (Å²) in [6.07, 6.45) is 7.08. The van der Waals surface area contributed by atoms with Crippen LogP contribution in [-0.4, -0.2) is 34.5 Å². The van der Waals surface area contributed by atoms with Crippen LogP contribution in [0, 0.1) is 29.6 Å². The molecule has 0 aromatic rings. The van der Waals surface area contributed by atoms with Crippen LogP contribution in [0.15, 0.2) is 12.2 Å². The first-order chi connectivity index (χ1) is 9.50. The van der Waals surface area contributed by atoms with Crippen molar-refractivity contribution in [2.75, 3.05) is 6.54 Å². The average molecular weight is 277 g/mol. The Balaban J connectivity index is 1.82. The molecule has 6 atom stereocenters. The summed E-state index contributed by atoms with van der Waals surface area (Å²) in [5.74, 6) is -0.879. The van der Waals surface area contributed by atoms with Gasteiger partial charge in [0.15, 0.2) is 0 Å². The molecule has 0 spiro atoms. The van der Waals surface area contributed by atoms with Gasteiger partial charge in [0.1, 0.15) is 0 Å². The summed E-state index contributed by atoms with van der Waals surface area (Å²) >= 11 is 0. The highest BCUT2D eigenvalue weighted by Gasteiger charge is 2.53. The van der Waals surface area contributed by atoms with Crippen molar-refractivity contribution in [3.8, 4) is 0 Å². The smallest absolute Gasteiger partial charge is 0.307 e. The molecule has 6 unspecified atom stereocenters. The van der Waals surface area contributed by atoms with Gasteiger partial charge in [0.25, 0.3) is 0 Å². The third-order valence-corrected chi connectivity index (χ3v) is 5.69. The Morgan fingerprint density at radius 1 is 1.15 bits per heavy atom. The van der Waals surface area contributed by atoms with Crippen LogP contribution in [0.2, 0.25) is 0 Å². The fraction of sp³-hybridized carbons (Fsp3) is 0.750. The molecule has 2 bridgehead atoms. The molecule has 1 aliphatic heterocycles. The summed E-state index contributed by atoms with van der Waals surface area (Å²) in [6, 6.07) is 0.230. The first-order valence-electron chi connectivity index (χ1n) is 7.72. The maximum atomic E-state index is 12.9. The third kappa shape index (κ3) is 1.97. The highest BCUT2D eigenvalue weighted by molar-refractivity contribution is 5.87. The van der Waals surface area contributed by atoms with Gasteiger partial charge >= 0.3 is 5.97 Å². The zero-order valence-electron chi connectivity index (χ0n) is 12.2. The van der Waals surface area contributed by atoms with E-state index in [9.17, 15) is 14.7 Å². The van der Waals surface area contributed by atoms with Crippen molar-refractivity contribution >= 4 is 11.9 Å². The van der Waals surface area contributed by atoms with Gasteiger partial charge in [-0.2, -0.15) is 0 Å². The van der Waals surface area contributed by atoms with Gasteiger partial charge in [0.2, 0.25) is 5.91 Å². The first kappa shape index (κ1) is 13.7. The minimum absolute atomic E-state index is 0.0592. The molecule has 0 radical (unpaired) electrons. The number of piperidine rings is 1. The predicted molar refractivity (Wildman–Crippen MR) is 74.9 cm³/mol. The number of hydrogen-bond acceptors (Lipinski definition) is 2. The van der Waals surface area contributed by atoms with E-state index in [1.54, 1.807) is 0 Å². The quantitative estimate of drug-likeness (QED) is 0.787. The molecule has 110 valence electrons. The van der Waals surface area contributed by atoms with E-state index >= 15 is 0 Å². The van der Waals surface area contributed by atoms with Crippen molar-refractivity contribution in [1.29, 1.82) is 0 Å². The lowest BCUT2D eigenvalue weighted by Gasteiger charge is -2.41. The fourth-order valence-corrected chi connectivity index (χ4v) is 4.33. The summed E-state index contributed by atoms with van der Waals surface area (Å²) < 4.78 is 0. The number of allylic oxidation sites excluding steroid dienone is 2. The molecule has 1 N–H and O–H groups in total. The number of carbonyl (C=O) groups is 2. The molecular formula is C16H23NO3. The van der Waals surface area contributed by atoms with Crippen LogP contribution in [-0.2, 0) is 9.59 Å². The summed E-state index contributed by atoms with van der Waals surface area (Å²) in [7, 11) is 0. The first-order valence-corrected chi connectivity index (χ1v) is 7.72. The number of carboxylic acid groups (broad SMARTS) is 1. The van der Waals surface area contributed by atoms with Gasteiger partial charge < -0.3 is 10.0 Å². The van der Waals surface area contributed by atoms with Gasteiger partial charge in [0, 0.05) is 12.6 Å². The molecule has 2 fully saturated rings. The number of carbonyl (C=O) groups excluding carboxylic acids is 1. The van der Waals surface area contributed by atoms with Crippen LogP contribution in [0.1, 0.15) is 33.1 Å². The van der Waals surface area contributed by atoms with E-state index in [1.807, 2.05) is 11.0 Å². The lowest BCUT2D eigenvalue weighted by atomic mass is 9.80. The van der Waals surface area contributed by atoms with Gasteiger partial charge in [-0.3, -0.25) is 9.59 Å². The normalized spacial score (nSPS) is 43.0. The van der Waals surface area contributed by atoms with E-state index < -0.39 is 11.9 Å². The van der Waals surface area contributed by atoms with Crippen LogP contribution in [0.5, 0.6) is 0 Å². The zero-order valence-corrected chi connectivity index (χ0v) is 12.2. The van der Waals surface area contributed by atoms with Crippen molar-refractivity contribution in [2.45, 2.75) is 39.2 Å². The molecule has 1 saturated heterocycles. The van der Waals surface area contributed by atoms with Crippen LogP contribution in [0.3, 0.4) is 0 Å². The lowest BCUT2D eigenvalue weighted by molar-refractivity contribution is -0.153. The minimum atomic E-state index is -0.807. The summed E-state index contributed by atoms with van der Waals surface area (Å²) in [6.45, 7) is 5.06. The predicted octanol–water partition coefficient (Wildman–Crippen LogP) is 2.16. The Morgan fingerprint density at radius 2 is 1.80 bits per heavy atom. The van der Waals surface area contributed by atoms with E-state index in [2.05, 4.69) is 19.9 Å². The van der Waals surface area contributed by atoms with E-state index in [4.69, 9.17) is 0 Å². The molecule has 1 amide bonds. The van der Waals surface area contributed by atoms with E-state index in [0.717, 1.165) is 25.8 Å². The van der Waals surface area contributed by atoms with Crippen molar-refractivity contribution in [3.63, 3.8) is 0 Å². The largest absolute Gasteiger partial charge is 0.481 e. The Kier molecular flexibility index (Phi) is 3.35. The number of fused-ring (bicyclic) bond motifs is 2. The van der Waals surface area contributed by atoms with E-state index in [0.29, 0.717) is 5.92 Å². The average Bonchev–Trinajstić information content (AvgIpc) is 3.01. The Bertz CT molecular complexity index is 459. The summed E-state index contributed by atoms with van der Waals surface area (Å²) in [5, 5.41) is 9.47. The molecule has 3 aliphatic rings. The maximum Gasteiger partial charge on any atom is 0.307 e. The molecule has 0 aromatic carbocycles. The van der Waals surface area contributed by atoms with Crippen molar-refractivity contribution in [2.24, 2.45) is 29.6 Å². The highest BCUT2D eigenvalue weighted by Crippen LogP contribution is 2.49. The fourth-order valence-electron chi connectivity index (χ4n) is 4.33. The summed E-state index contributed by atoms with van der Waals surface area (Å²) in [5.41, 5.74) is 0. The van der Waals surface area contributed by atoms with Crippen molar-refractivity contribution in [3.05, 3.63) is 12.2 Å². The van der Waals surface area contributed by atoms with Crippen molar-refractivity contribution < 1.29 is 14.7 Å². The molecule has 2 aliphatic carbocycles. The Morgan fingerprint density at radius 3 is 2.45 bits per heavy atom. The van der Waals surface area contributed by atoms with Crippen LogP contribution < -0.4 is 0 Å².